The summed E-state index contributed by atoms with van der Waals surface area (Å²) < 4.78 is 4.48. The lowest BCUT2D eigenvalue weighted by Gasteiger charge is -2.24. The minimum absolute atomic E-state index is 0.590. The normalized spacial score (nSPS) is 19.9. The Balaban J connectivity index is 1.41. The fraction of sp³-hybridized carbons (Fsp3) is 0.700. The number of hydrogen-bond donors (Lipinski definition) is 0. The SMILES string of the molecule is CN(CCn1cncc1-c1cnn(C2CCCCC2)c1)C1CCCC1. The van der Waals surface area contributed by atoms with Crippen molar-refractivity contribution in [2.45, 2.75) is 76.4 Å². The van der Waals surface area contributed by atoms with E-state index in [4.69, 9.17) is 0 Å². The lowest BCUT2D eigenvalue weighted by molar-refractivity contribution is 0.237. The lowest BCUT2D eigenvalue weighted by atomic mass is 9.96. The van der Waals surface area contributed by atoms with Gasteiger partial charge in [-0.15, -0.1) is 0 Å². The van der Waals surface area contributed by atoms with Gasteiger partial charge in [0.15, 0.2) is 0 Å². The van der Waals surface area contributed by atoms with Gasteiger partial charge in [-0.3, -0.25) is 4.68 Å². The van der Waals surface area contributed by atoms with Crippen LogP contribution in [-0.2, 0) is 6.54 Å². The van der Waals surface area contributed by atoms with Gasteiger partial charge in [0.25, 0.3) is 0 Å². The van der Waals surface area contributed by atoms with Gasteiger partial charge in [0.1, 0.15) is 0 Å². The molecule has 2 aromatic rings. The average Bonchev–Trinajstić information content (AvgIpc) is 3.41. The molecule has 0 bridgehead atoms. The van der Waals surface area contributed by atoms with E-state index in [1.165, 1.54) is 69.0 Å². The maximum Gasteiger partial charge on any atom is 0.0951 e. The molecule has 0 aromatic carbocycles. The average molecular weight is 342 g/mol. The van der Waals surface area contributed by atoms with Crippen LogP contribution in [0, 0.1) is 0 Å². The summed E-state index contributed by atoms with van der Waals surface area (Å²) in [6.45, 7) is 2.09. The van der Waals surface area contributed by atoms with Crippen LogP contribution in [-0.4, -0.2) is 43.9 Å². The van der Waals surface area contributed by atoms with Crippen molar-refractivity contribution >= 4 is 0 Å². The van der Waals surface area contributed by atoms with E-state index in [9.17, 15) is 0 Å². The smallest absolute Gasteiger partial charge is 0.0951 e. The highest BCUT2D eigenvalue weighted by Crippen LogP contribution is 2.29. The summed E-state index contributed by atoms with van der Waals surface area (Å²) in [7, 11) is 2.27. The van der Waals surface area contributed by atoms with Gasteiger partial charge in [0.2, 0.25) is 0 Å². The molecular formula is C20H31N5. The molecule has 0 aliphatic heterocycles. The van der Waals surface area contributed by atoms with Crippen LogP contribution in [0.2, 0.25) is 0 Å². The van der Waals surface area contributed by atoms with Crippen LogP contribution in [0.3, 0.4) is 0 Å². The summed E-state index contributed by atoms with van der Waals surface area (Å²) in [5.74, 6) is 0. The summed E-state index contributed by atoms with van der Waals surface area (Å²) in [4.78, 5) is 6.93. The van der Waals surface area contributed by atoms with E-state index < -0.39 is 0 Å². The molecule has 5 heteroatoms. The number of nitrogens with zero attached hydrogens (tertiary/aromatic N) is 5. The number of likely N-dealkylation sites (N-methyl/N-ethyl adjacent to an activating group) is 1. The van der Waals surface area contributed by atoms with Gasteiger partial charge in [-0.05, 0) is 32.7 Å². The fourth-order valence-corrected chi connectivity index (χ4v) is 4.55. The van der Waals surface area contributed by atoms with Gasteiger partial charge in [0, 0.05) is 30.9 Å². The summed E-state index contributed by atoms with van der Waals surface area (Å²) in [6, 6.07) is 1.37. The van der Waals surface area contributed by atoms with Crippen molar-refractivity contribution in [3.05, 3.63) is 24.9 Å². The van der Waals surface area contributed by atoms with Crippen molar-refractivity contribution in [2.24, 2.45) is 0 Å². The van der Waals surface area contributed by atoms with Crippen LogP contribution in [0.5, 0.6) is 0 Å². The molecule has 0 saturated heterocycles. The summed E-state index contributed by atoms with van der Waals surface area (Å²) in [5, 5.41) is 4.66. The van der Waals surface area contributed by atoms with E-state index in [1.54, 1.807) is 0 Å². The van der Waals surface area contributed by atoms with Crippen molar-refractivity contribution in [1.29, 1.82) is 0 Å². The number of hydrogen-bond acceptors (Lipinski definition) is 3. The van der Waals surface area contributed by atoms with Crippen LogP contribution in [0.4, 0.5) is 0 Å². The van der Waals surface area contributed by atoms with Crippen LogP contribution in [0.1, 0.15) is 63.8 Å². The van der Waals surface area contributed by atoms with Gasteiger partial charge in [-0.25, -0.2) is 4.98 Å². The molecule has 25 heavy (non-hydrogen) atoms. The third kappa shape index (κ3) is 3.81. The second-order valence-electron chi connectivity index (χ2n) is 7.89. The predicted molar refractivity (Wildman–Crippen MR) is 100 cm³/mol. The summed E-state index contributed by atoms with van der Waals surface area (Å²) >= 11 is 0. The van der Waals surface area contributed by atoms with Crippen molar-refractivity contribution in [3.8, 4) is 11.3 Å². The Kier molecular flexibility index (Phi) is 5.20. The second kappa shape index (κ2) is 7.73. The minimum Gasteiger partial charge on any atom is -0.329 e. The van der Waals surface area contributed by atoms with Gasteiger partial charge < -0.3 is 9.47 Å². The van der Waals surface area contributed by atoms with E-state index in [1.807, 2.05) is 18.7 Å². The Labute approximate surface area is 151 Å². The molecule has 0 radical (unpaired) electrons. The van der Waals surface area contributed by atoms with E-state index in [0.29, 0.717) is 6.04 Å². The Morgan fingerprint density at radius 3 is 2.60 bits per heavy atom. The molecule has 5 nitrogen and oxygen atoms in total. The first-order valence-corrected chi connectivity index (χ1v) is 10.1. The molecule has 4 rings (SSSR count). The summed E-state index contributed by atoms with van der Waals surface area (Å²) in [5.41, 5.74) is 2.40. The van der Waals surface area contributed by atoms with Crippen molar-refractivity contribution in [2.75, 3.05) is 13.6 Å². The minimum atomic E-state index is 0.590. The van der Waals surface area contributed by atoms with Crippen molar-refractivity contribution in [1.82, 2.24) is 24.2 Å². The zero-order valence-electron chi connectivity index (χ0n) is 15.5. The zero-order valence-corrected chi connectivity index (χ0v) is 15.5. The van der Waals surface area contributed by atoms with Gasteiger partial charge in [-0.1, -0.05) is 32.1 Å². The monoisotopic (exact) mass is 341 g/mol. The van der Waals surface area contributed by atoms with Gasteiger partial charge >= 0.3 is 0 Å². The molecule has 2 aliphatic carbocycles. The first-order valence-electron chi connectivity index (χ1n) is 10.1. The summed E-state index contributed by atoms with van der Waals surface area (Å²) in [6.07, 6.45) is 20.3. The first kappa shape index (κ1) is 16.8. The quantitative estimate of drug-likeness (QED) is 0.793. The molecule has 0 N–H and O–H groups in total. The third-order valence-electron chi connectivity index (χ3n) is 6.20. The third-order valence-corrected chi connectivity index (χ3v) is 6.20. The Morgan fingerprint density at radius 1 is 1.04 bits per heavy atom. The maximum atomic E-state index is 4.66. The van der Waals surface area contributed by atoms with Crippen molar-refractivity contribution < 1.29 is 0 Å². The molecule has 136 valence electrons. The molecule has 0 unspecified atom stereocenters. The van der Waals surface area contributed by atoms with E-state index in [-0.39, 0.29) is 0 Å². The largest absolute Gasteiger partial charge is 0.329 e. The van der Waals surface area contributed by atoms with Gasteiger partial charge in [-0.2, -0.15) is 5.10 Å². The maximum absolute atomic E-state index is 4.66. The fourth-order valence-electron chi connectivity index (χ4n) is 4.55. The molecule has 2 heterocycles. The number of rotatable bonds is 6. The topological polar surface area (TPSA) is 38.9 Å². The lowest BCUT2D eigenvalue weighted by Crippen LogP contribution is -2.32. The highest BCUT2D eigenvalue weighted by Gasteiger charge is 2.20. The molecule has 0 amide bonds. The van der Waals surface area contributed by atoms with Crippen LogP contribution < -0.4 is 0 Å². The van der Waals surface area contributed by atoms with Gasteiger partial charge in [0.05, 0.1) is 30.5 Å². The number of aromatic nitrogens is 4. The molecule has 0 atom stereocenters. The Hall–Kier alpha value is -1.62. The van der Waals surface area contributed by atoms with Crippen LogP contribution >= 0.6 is 0 Å². The molecular weight excluding hydrogens is 310 g/mol. The van der Waals surface area contributed by atoms with Crippen LogP contribution in [0.15, 0.2) is 24.9 Å². The second-order valence-corrected chi connectivity index (χ2v) is 7.89. The van der Waals surface area contributed by atoms with E-state index >= 15 is 0 Å². The molecule has 2 aliphatic rings. The zero-order chi connectivity index (χ0) is 17.1. The predicted octanol–water partition coefficient (Wildman–Crippen LogP) is 4.13. The standard InChI is InChI=1S/C20H31N5/c1-23(18-7-5-6-8-18)11-12-24-16-21-14-20(24)17-13-22-25(15-17)19-9-3-2-4-10-19/h13-16,18-19H,2-12H2,1H3. The Bertz CT molecular complexity index is 661. The highest BCUT2D eigenvalue weighted by atomic mass is 15.3. The van der Waals surface area contributed by atoms with Crippen molar-refractivity contribution in [3.63, 3.8) is 0 Å². The highest BCUT2D eigenvalue weighted by molar-refractivity contribution is 5.56. The Morgan fingerprint density at radius 2 is 1.80 bits per heavy atom. The van der Waals surface area contributed by atoms with Crippen LogP contribution in [0.25, 0.3) is 11.3 Å². The van der Waals surface area contributed by atoms with E-state index in [0.717, 1.165) is 19.1 Å². The van der Waals surface area contributed by atoms with E-state index in [2.05, 4.69) is 37.5 Å². The molecule has 2 saturated carbocycles. The molecule has 0 spiro atoms. The number of imidazole rings is 1. The molecule has 2 fully saturated rings. The first-order chi connectivity index (χ1) is 12.3. The molecule has 2 aromatic heterocycles.